The summed E-state index contributed by atoms with van der Waals surface area (Å²) in [5.41, 5.74) is 1.83. The van der Waals surface area contributed by atoms with Crippen LogP contribution in [0.4, 0.5) is 0 Å². The van der Waals surface area contributed by atoms with E-state index in [9.17, 15) is 9.90 Å². The molecule has 5 nitrogen and oxygen atoms in total. The molecular formula is C22H26N2O3. The van der Waals surface area contributed by atoms with E-state index in [0.717, 1.165) is 24.4 Å². The molecular weight excluding hydrogens is 340 g/mol. The molecule has 0 unspecified atom stereocenters. The third-order valence-electron chi connectivity index (χ3n) is 6.82. The lowest BCUT2D eigenvalue weighted by molar-refractivity contribution is -0.00346. The number of nitrogens with zero attached hydrogens (tertiary/aromatic N) is 2. The smallest absolute Gasteiger partial charge is 0.257 e. The second-order valence-electron chi connectivity index (χ2n) is 8.34. The van der Waals surface area contributed by atoms with Crippen LogP contribution >= 0.6 is 0 Å². The molecule has 1 amide bonds. The molecule has 0 aliphatic carbocycles. The number of piperidine rings is 3. The number of benzene rings is 1. The summed E-state index contributed by atoms with van der Waals surface area (Å²) in [4.78, 5) is 18.1. The molecule has 27 heavy (non-hydrogen) atoms. The molecule has 3 atom stereocenters. The molecule has 0 spiro atoms. The fraction of sp³-hybridized carbons (Fsp3) is 0.500. The highest BCUT2D eigenvalue weighted by Gasteiger charge is 2.54. The molecule has 1 aromatic heterocycles. The van der Waals surface area contributed by atoms with Crippen LogP contribution in [0.5, 0.6) is 5.75 Å². The van der Waals surface area contributed by atoms with Gasteiger partial charge in [-0.1, -0.05) is 12.1 Å². The van der Waals surface area contributed by atoms with Gasteiger partial charge in [0.15, 0.2) is 0 Å². The molecule has 142 valence electrons. The van der Waals surface area contributed by atoms with Crippen LogP contribution in [0.15, 0.2) is 34.7 Å². The zero-order chi connectivity index (χ0) is 18.7. The highest BCUT2D eigenvalue weighted by molar-refractivity contribution is 5.96. The van der Waals surface area contributed by atoms with E-state index in [4.69, 9.17) is 4.42 Å². The predicted octanol–water partition coefficient (Wildman–Crippen LogP) is 3.30. The fourth-order valence-electron chi connectivity index (χ4n) is 5.70. The lowest BCUT2D eigenvalue weighted by atomic mass is 9.75. The summed E-state index contributed by atoms with van der Waals surface area (Å²) in [5.74, 6) is 2.69. The van der Waals surface area contributed by atoms with Crippen molar-refractivity contribution in [3.05, 3.63) is 53.0 Å². The van der Waals surface area contributed by atoms with Crippen LogP contribution in [0.3, 0.4) is 0 Å². The van der Waals surface area contributed by atoms with Gasteiger partial charge in [0, 0.05) is 18.5 Å². The Morgan fingerprint density at radius 1 is 1.15 bits per heavy atom. The molecule has 4 fully saturated rings. The maximum absolute atomic E-state index is 13.5. The third-order valence-corrected chi connectivity index (χ3v) is 6.82. The third kappa shape index (κ3) is 2.59. The first-order valence-electron chi connectivity index (χ1n) is 9.94. The molecule has 0 radical (unpaired) electrons. The predicted molar refractivity (Wildman–Crippen MR) is 102 cm³/mol. The highest BCUT2D eigenvalue weighted by Crippen LogP contribution is 2.47. The van der Waals surface area contributed by atoms with Crippen molar-refractivity contribution in [3.63, 3.8) is 0 Å². The first-order valence-corrected chi connectivity index (χ1v) is 9.94. The summed E-state index contributed by atoms with van der Waals surface area (Å²) < 4.78 is 5.63. The van der Waals surface area contributed by atoms with Crippen molar-refractivity contribution in [2.24, 2.45) is 5.92 Å². The van der Waals surface area contributed by atoms with Gasteiger partial charge >= 0.3 is 0 Å². The normalized spacial score (nSPS) is 31.9. The minimum atomic E-state index is 0.0933. The van der Waals surface area contributed by atoms with E-state index in [2.05, 4.69) is 15.9 Å². The molecule has 6 rings (SSSR count). The maximum Gasteiger partial charge on any atom is 0.257 e. The molecule has 0 saturated carbocycles. The van der Waals surface area contributed by atoms with E-state index in [1.54, 1.807) is 6.07 Å². The molecule has 4 aliphatic heterocycles. The van der Waals surface area contributed by atoms with Gasteiger partial charge in [-0.05, 0) is 69.5 Å². The van der Waals surface area contributed by atoms with Crippen LogP contribution < -0.4 is 0 Å². The van der Waals surface area contributed by atoms with Crippen molar-refractivity contribution in [1.82, 2.24) is 9.80 Å². The number of fused-ring (bicyclic) bond motifs is 2. The molecule has 5 heterocycles. The Kier molecular flexibility index (Phi) is 3.83. The van der Waals surface area contributed by atoms with Gasteiger partial charge in [-0.15, -0.1) is 0 Å². The number of amides is 1. The van der Waals surface area contributed by atoms with Gasteiger partial charge in [0.1, 0.15) is 17.3 Å². The largest absolute Gasteiger partial charge is 0.508 e. The minimum absolute atomic E-state index is 0.0933. The van der Waals surface area contributed by atoms with Crippen LogP contribution in [-0.4, -0.2) is 52.5 Å². The van der Waals surface area contributed by atoms with Gasteiger partial charge in [-0.2, -0.15) is 0 Å². The zero-order valence-corrected chi connectivity index (χ0v) is 15.9. The average Bonchev–Trinajstić information content (AvgIpc) is 3.24. The molecule has 4 saturated heterocycles. The molecule has 1 aromatic carbocycles. The summed E-state index contributed by atoms with van der Waals surface area (Å²) in [5, 5.41) is 9.99. The van der Waals surface area contributed by atoms with Crippen LogP contribution in [-0.2, 0) is 0 Å². The number of aryl methyl sites for hydroxylation is 2. The van der Waals surface area contributed by atoms with E-state index in [-0.39, 0.29) is 17.9 Å². The highest BCUT2D eigenvalue weighted by atomic mass is 16.3. The summed E-state index contributed by atoms with van der Waals surface area (Å²) in [6.45, 7) is 6.70. The Bertz CT molecular complexity index is 881. The van der Waals surface area contributed by atoms with Gasteiger partial charge in [-0.3, -0.25) is 9.69 Å². The number of rotatable bonds is 2. The number of carbonyl (C=O) groups is 1. The number of aromatic hydroxyl groups is 1. The van der Waals surface area contributed by atoms with Crippen LogP contribution in [0.1, 0.15) is 46.2 Å². The second-order valence-corrected chi connectivity index (χ2v) is 8.34. The summed E-state index contributed by atoms with van der Waals surface area (Å²) in [6, 6.07) is 10.0. The number of phenolic OH excluding ortho intramolecular Hbond substituents is 1. The van der Waals surface area contributed by atoms with Crippen molar-refractivity contribution in [2.45, 2.75) is 44.7 Å². The number of furan rings is 1. The SMILES string of the molecule is Cc1cc(C(=O)N2C[C@H](c3cccc(O)c3)[C@H]3[C@@H]2C2CCN3CC2)c(C)o1. The Labute approximate surface area is 159 Å². The summed E-state index contributed by atoms with van der Waals surface area (Å²) in [6.07, 6.45) is 2.34. The lowest BCUT2D eigenvalue weighted by Gasteiger charge is -2.51. The lowest BCUT2D eigenvalue weighted by Crippen LogP contribution is -2.60. The Morgan fingerprint density at radius 3 is 2.59 bits per heavy atom. The van der Waals surface area contributed by atoms with Crippen molar-refractivity contribution in [3.8, 4) is 5.75 Å². The number of phenols is 1. The first kappa shape index (κ1) is 16.9. The maximum atomic E-state index is 13.5. The van der Waals surface area contributed by atoms with E-state index < -0.39 is 0 Å². The van der Waals surface area contributed by atoms with Crippen LogP contribution in [0.25, 0.3) is 0 Å². The quantitative estimate of drug-likeness (QED) is 0.886. The van der Waals surface area contributed by atoms with Gasteiger partial charge in [0.25, 0.3) is 5.91 Å². The van der Waals surface area contributed by atoms with E-state index >= 15 is 0 Å². The van der Waals surface area contributed by atoms with E-state index in [1.165, 1.54) is 12.8 Å². The number of hydrogen-bond donors (Lipinski definition) is 1. The monoisotopic (exact) mass is 366 g/mol. The first-order chi connectivity index (χ1) is 13.0. The Hall–Kier alpha value is -2.27. The Balaban J connectivity index is 1.54. The van der Waals surface area contributed by atoms with Gasteiger partial charge in [-0.25, -0.2) is 0 Å². The Morgan fingerprint density at radius 2 is 1.93 bits per heavy atom. The molecule has 1 N–H and O–H groups in total. The topological polar surface area (TPSA) is 56.9 Å². The average molecular weight is 366 g/mol. The summed E-state index contributed by atoms with van der Waals surface area (Å²) in [7, 11) is 0. The second kappa shape index (κ2) is 6.13. The molecule has 5 heteroatoms. The summed E-state index contributed by atoms with van der Waals surface area (Å²) >= 11 is 0. The van der Waals surface area contributed by atoms with E-state index in [1.807, 2.05) is 32.0 Å². The van der Waals surface area contributed by atoms with Crippen molar-refractivity contribution >= 4 is 5.91 Å². The van der Waals surface area contributed by atoms with Gasteiger partial charge in [0.05, 0.1) is 11.6 Å². The minimum Gasteiger partial charge on any atom is -0.508 e. The molecule has 2 bridgehead atoms. The number of hydrogen-bond acceptors (Lipinski definition) is 4. The number of carbonyl (C=O) groups excluding carboxylic acids is 1. The van der Waals surface area contributed by atoms with Crippen LogP contribution in [0, 0.1) is 19.8 Å². The number of likely N-dealkylation sites (tertiary alicyclic amines) is 1. The van der Waals surface area contributed by atoms with Crippen LogP contribution in [0.2, 0.25) is 0 Å². The van der Waals surface area contributed by atoms with Crippen molar-refractivity contribution in [1.29, 1.82) is 0 Å². The van der Waals surface area contributed by atoms with E-state index in [0.29, 0.717) is 35.6 Å². The molecule has 4 aliphatic rings. The van der Waals surface area contributed by atoms with Crippen molar-refractivity contribution < 1.29 is 14.3 Å². The van der Waals surface area contributed by atoms with Gasteiger partial charge < -0.3 is 14.4 Å². The molecule has 2 aromatic rings. The standard InChI is InChI=1S/C22H26N2O3/c1-13-10-18(14(2)27-13)22(26)24-12-19(16-4-3-5-17(25)11-16)21-20(24)15-6-8-23(21)9-7-15/h3-5,10-11,15,19-21,25H,6-9,12H2,1-2H3/t19-,20+,21+/m1/s1. The van der Waals surface area contributed by atoms with Gasteiger partial charge in [0.2, 0.25) is 0 Å². The van der Waals surface area contributed by atoms with Crippen molar-refractivity contribution in [2.75, 3.05) is 19.6 Å². The fourth-order valence-corrected chi connectivity index (χ4v) is 5.70. The zero-order valence-electron chi connectivity index (χ0n) is 15.9.